The summed E-state index contributed by atoms with van der Waals surface area (Å²) in [6.07, 6.45) is 9.65. The van der Waals surface area contributed by atoms with Gasteiger partial charge in [0.1, 0.15) is 0 Å². The fourth-order valence-corrected chi connectivity index (χ4v) is 5.16. The molecule has 0 aromatic rings. The molecule has 0 aromatic heterocycles. The van der Waals surface area contributed by atoms with Crippen LogP contribution in [0.1, 0.15) is 58.3 Å². The monoisotopic (exact) mass is 283 g/mol. The molecule has 0 aromatic carbocycles. The second kappa shape index (κ2) is 5.27. The van der Waals surface area contributed by atoms with Crippen molar-refractivity contribution in [3.63, 3.8) is 0 Å². The summed E-state index contributed by atoms with van der Waals surface area (Å²) in [6.45, 7) is 2.28. The Balaban J connectivity index is 1.64. The summed E-state index contributed by atoms with van der Waals surface area (Å²) in [5.41, 5.74) is -0.113. The average Bonchev–Trinajstić information content (AvgIpc) is 3.01. The van der Waals surface area contributed by atoms with Crippen molar-refractivity contribution in [3.05, 3.63) is 0 Å². The normalized spacial score (nSPS) is 45.4. The van der Waals surface area contributed by atoms with Gasteiger partial charge in [-0.25, -0.2) is 0 Å². The lowest BCUT2D eigenvalue weighted by Gasteiger charge is -2.40. The first-order valence-electron chi connectivity index (χ1n) is 8.00. The fraction of sp³-hybridized carbons (Fsp3) is 0.938. The van der Waals surface area contributed by atoms with Crippen molar-refractivity contribution in [1.29, 1.82) is 0 Å². The fourth-order valence-electron chi connectivity index (χ4n) is 4.85. The summed E-state index contributed by atoms with van der Waals surface area (Å²) in [5.74, 6) is 3.35. The van der Waals surface area contributed by atoms with Gasteiger partial charge in [-0.05, 0) is 49.9 Å². The van der Waals surface area contributed by atoms with E-state index in [0.717, 1.165) is 25.2 Å². The van der Waals surface area contributed by atoms with Crippen molar-refractivity contribution in [1.82, 2.24) is 5.32 Å². The van der Waals surface area contributed by atoms with Crippen molar-refractivity contribution in [3.8, 4) is 0 Å². The highest BCUT2D eigenvalue weighted by Gasteiger charge is 2.45. The molecular weight excluding hydrogens is 258 g/mol. The lowest BCUT2D eigenvalue weighted by Crippen LogP contribution is -2.54. The van der Waals surface area contributed by atoms with E-state index in [4.69, 9.17) is 11.6 Å². The molecule has 5 atom stereocenters. The van der Waals surface area contributed by atoms with Gasteiger partial charge in [-0.1, -0.05) is 26.2 Å². The summed E-state index contributed by atoms with van der Waals surface area (Å²) in [4.78, 5) is 12.6. The van der Waals surface area contributed by atoms with Crippen LogP contribution in [0.2, 0.25) is 0 Å². The number of halogens is 1. The van der Waals surface area contributed by atoms with Crippen LogP contribution in [0.4, 0.5) is 0 Å². The highest BCUT2D eigenvalue weighted by Crippen LogP contribution is 2.48. The number of hydrogen-bond donors (Lipinski definition) is 1. The van der Waals surface area contributed by atoms with E-state index in [0.29, 0.717) is 23.6 Å². The predicted octanol–water partition coefficient (Wildman–Crippen LogP) is 3.73. The molecule has 5 unspecified atom stereocenters. The highest BCUT2D eigenvalue weighted by molar-refractivity contribution is 6.18. The zero-order valence-electron chi connectivity index (χ0n) is 12.0. The van der Waals surface area contributed by atoms with Crippen molar-refractivity contribution in [2.45, 2.75) is 63.8 Å². The molecule has 3 fully saturated rings. The summed E-state index contributed by atoms with van der Waals surface area (Å²) >= 11 is 6.22. The smallest absolute Gasteiger partial charge is 0.223 e. The predicted molar refractivity (Wildman–Crippen MR) is 78.2 cm³/mol. The third kappa shape index (κ3) is 2.66. The Morgan fingerprint density at radius 1 is 1.32 bits per heavy atom. The Morgan fingerprint density at radius 2 is 2.16 bits per heavy atom. The number of amides is 1. The van der Waals surface area contributed by atoms with Gasteiger partial charge in [-0.15, -0.1) is 11.6 Å². The molecule has 0 aliphatic heterocycles. The molecule has 3 rings (SSSR count). The van der Waals surface area contributed by atoms with Gasteiger partial charge in [0.15, 0.2) is 0 Å². The maximum atomic E-state index is 12.6. The van der Waals surface area contributed by atoms with E-state index in [1.807, 2.05) is 0 Å². The Kier molecular flexibility index (Phi) is 3.81. The van der Waals surface area contributed by atoms with Gasteiger partial charge in [-0.2, -0.15) is 0 Å². The lowest BCUT2D eigenvalue weighted by molar-refractivity contribution is -0.128. The number of hydrogen-bond acceptors (Lipinski definition) is 1. The average molecular weight is 284 g/mol. The molecule has 1 N–H and O–H groups in total. The van der Waals surface area contributed by atoms with Crippen LogP contribution >= 0.6 is 11.6 Å². The SMILES string of the molecule is CC1CCCC(CCl)(NC(=O)C2CC3CCC2C3)C1. The molecule has 3 aliphatic carbocycles. The quantitative estimate of drug-likeness (QED) is 0.786. The third-order valence-corrected chi connectivity index (χ3v) is 6.32. The van der Waals surface area contributed by atoms with Crippen LogP contribution in [0.5, 0.6) is 0 Å². The molecular formula is C16H26ClNO. The van der Waals surface area contributed by atoms with Crippen LogP contribution in [0, 0.1) is 23.7 Å². The molecule has 0 heterocycles. The van der Waals surface area contributed by atoms with Crippen molar-refractivity contribution < 1.29 is 4.79 Å². The standard InChI is InChI=1S/C16H26ClNO/c1-11-3-2-6-16(9-11,10-17)18-15(19)14-8-12-4-5-13(14)7-12/h11-14H,2-10H2,1H3,(H,18,19). The molecule has 2 bridgehead atoms. The van der Waals surface area contributed by atoms with Gasteiger partial charge < -0.3 is 5.32 Å². The van der Waals surface area contributed by atoms with Crippen molar-refractivity contribution in [2.24, 2.45) is 23.7 Å². The Bertz CT molecular complexity index is 359. The van der Waals surface area contributed by atoms with Gasteiger partial charge >= 0.3 is 0 Å². The largest absolute Gasteiger partial charge is 0.349 e. The molecule has 0 saturated heterocycles. The van der Waals surface area contributed by atoms with Crippen molar-refractivity contribution in [2.75, 3.05) is 5.88 Å². The van der Waals surface area contributed by atoms with Gasteiger partial charge in [0, 0.05) is 11.8 Å². The summed E-state index contributed by atoms with van der Waals surface area (Å²) in [5, 5.41) is 3.37. The first-order chi connectivity index (χ1) is 9.12. The molecule has 1 amide bonds. The van der Waals surface area contributed by atoms with Gasteiger partial charge in [0.25, 0.3) is 0 Å². The van der Waals surface area contributed by atoms with E-state index in [1.165, 1.54) is 32.1 Å². The maximum absolute atomic E-state index is 12.6. The second-order valence-corrected chi connectivity index (χ2v) is 7.65. The summed E-state index contributed by atoms with van der Waals surface area (Å²) < 4.78 is 0. The lowest BCUT2D eigenvalue weighted by atomic mass is 9.76. The first kappa shape index (κ1) is 13.7. The van der Waals surface area contributed by atoms with Gasteiger partial charge in [0.05, 0.1) is 5.54 Å². The van der Waals surface area contributed by atoms with Gasteiger partial charge in [-0.3, -0.25) is 4.79 Å². The van der Waals surface area contributed by atoms with Gasteiger partial charge in [0.2, 0.25) is 5.91 Å². The highest BCUT2D eigenvalue weighted by atomic mass is 35.5. The molecule has 0 radical (unpaired) electrons. The van der Waals surface area contributed by atoms with Crippen LogP contribution in [0.15, 0.2) is 0 Å². The molecule has 3 heteroatoms. The Hall–Kier alpha value is -0.240. The zero-order valence-corrected chi connectivity index (χ0v) is 12.7. The number of carbonyl (C=O) groups is 1. The van der Waals surface area contributed by atoms with E-state index in [1.54, 1.807) is 0 Å². The van der Waals surface area contributed by atoms with E-state index >= 15 is 0 Å². The van der Waals surface area contributed by atoms with Crippen LogP contribution in [-0.2, 0) is 4.79 Å². The number of alkyl halides is 1. The molecule has 0 spiro atoms. The van der Waals surface area contributed by atoms with Crippen LogP contribution in [-0.4, -0.2) is 17.3 Å². The van der Waals surface area contributed by atoms with E-state index < -0.39 is 0 Å². The number of rotatable bonds is 3. The molecule has 108 valence electrons. The molecule has 19 heavy (non-hydrogen) atoms. The first-order valence-corrected chi connectivity index (χ1v) is 8.53. The van der Waals surface area contributed by atoms with Crippen molar-refractivity contribution >= 4 is 17.5 Å². The third-order valence-electron chi connectivity index (χ3n) is 5.81. The summed E-state index contributed by atoms with van der Waals surface area (Å²) in [7, 11) is 0. The Morgan fingerprint density at radius 3 is 2.74 bits per heavy atom. The minimum absolute atomic E-state index is 0.113. The van der Waals surface area contributed by atoms with E-state index in [-0.39, 0.29) is 11.5 Å². The van der Waals surface area contributed by atoms with Crippen LogP contribution in [0.3, 0.4) is 0 Å². The minimum atomic E-state index is -0.113. The Labute approximate surface area is 121 Å². The van der Waals surface area contributed by atoms with E-state index in [9.17, 15) is 4.79 Å². The minimum Gasteiger partial charge on any atom is -0.349 e. The summed E-state index contributed by atoms with van der Waals surface area (Å²) in [6, 6.07) is 0. The number of nitrogens with one attached hydrogen (secondary N) is 1. The van der Waals surface area contributed by atoms with E-state index in [2.05, 4.69) is 12.2 Å². The van der Waals surface area contributed by atoms with Crippen LogP contribution in [0.25, 0.3) is 0 Å². The topological polar surface area (TPSA) is 29.1 Å². The molecule has 3 aliphatic rings. The molecule has 2 nitrogen and oxygen atoms in total. The number of fused-ring (bicyclic) bond motifs is 2. The second-order valence-electron chi connectivity index (χ2n) is 7.39. The zero-order chi connectivity index (χ0) is 13.5. The number of carbonyl (C=O) groups excluding carboxylic acids is 1. The maximum Gasteiger partial charge on any atom is 0.223 e. The van der Waals surface area contributed by atoms with Crippen LogP contribution < -0.4 is 5.32 Å². The molecule has 3 saturated carbocycles.